The number of carbonyl (C=O) groups excluding carboxylic acids is 2. The number of hydrogen-bond donors (Lipinski definition) is 1. The minimum absolute atomic E-state index is 0.0231. The first kappa shape index (κ1) is 26.5. The molecule has 0 unspecified atom stereocenters. The quantitative estimate of drug-likeness (QED) is 0.111. The Balaban J connectivity index is 1.23. The molecule has 7 rings (SSSR count). The summed E-state index contributed by atoms with van der Waals surface area (Å²) in [5.74, 6) is -1.30. The van der Waals surface area contributed by atoms with E-state index in [4.69, 9.17) is 16.0 Å². The first-order valence-electron chi connectivity index (χ1n) is 13.0. The van der Waals surface area contributed by atoms with Crippen LogP contribution in [-0.4, -0.2) is 27.0 Å². The van der Waals surface area contributed by atoms with Crippen molar-refractivity contribution in [1.82, 2.24) is 10.2 Å². The van der Waals surface area contributed by atoms with Crippen molar-refractivity contribution in [3.8, 4) is 0 Å². The van der Waals surface area contributed by atoms with Crippen molar-refractivity contribution in [2.24, 2.45) is 0 Å². The highest BCUT2D eigenvalue weighted by atomic mass is 35.5. The smallest absolute Gasteiger partial charge is 0.296 e. The van der Waals surface area contributed by atoms with Crippen LogP contribution in [0.1, 0.15) is 27.7 Å². The number of halogens is 1. The van der Waals surface area contributed by atoms with Crippen LogP contribution in [-0.2, 0) is 10.5 Å². The van der Waals surface area contributed by atoms with E-state index in [-0.39, 0.29) is 16.5 Å². The van der Waals surface area contributed by atoms with Crippen LogP contribution in [0.3, 0.4) is 0 Å². The second-order valence-electron chi connectivity index (χ2n) is 9.65. The molecular formula is C32H20ClN3O4S2. The van der Waals surface area contributed by atoms with Crippen LogP contribution in [0.4, 0.5) is 5.13 Å². The van der Waals surface area contributed by atoms with E-state index in [2.05, 4.69) is 34.5 Å². The SMILES string of the molecule is O=C(C1=C(O)C(=O)N(c2nnc(SCc3cccc4ccccc34)s2)[C@@H]1c1ccc(Cl)cc1)c1cc2ccccc2o1. The van der Waals surface area contributed by atoms with Gasteiger partial charge in [-0.1, -0.05) is 107 Å². The van der Waals surface area contributed by atoms with Crippen molar-refractivity contribution >= 4 is 73.3 Å². The fourth-order valence-corrected chi connectivity index (χ4v) is 7.14. The molecule has 2 aromatic heterocycles. The number of Topliss-reactive ketones (excluding diaryl/α,β-unsaturated/α-hetero) is 1. The summed E-state index contributed by atoms with van der Waals surface area (Å²) in [4.78, 5) is 28.7. The molecule has 206 valence electrons. The third-order valence-electron chi connectivity index (χ3n) is 7.12. The van der Waals surface area contributed by atoms with Gasteiger partial charge in [0.2, 0.25) is 10.9 Å². The highest BCUT2D eigenvalue weighted by molar-refractivity contribution is 8.00. The second-order valence-corrected chi connectivity index (χ2v) is 12.3. The van der Waals surface area contributed by atoms with Gasteiger partial charge in [-0.25, -0.2) is 0 Å². The third-order valence-corrected chi connectivity index (χ3v) is 9.48. The van der Waals surface area contributed by atoms with Crippen LogP contribution in [0.25, 0.3) is 21.7 Å². The molecule has 0 saturated carbocycles. The molecule has 3 heterocycles. The van der Waals surface area contributed by atoms with Gasteiger partial charge in [-0.15, -0.1) is 10.2 Å². The van der Waals surface area contributed by atoms with Crippen LogP contribution in [0, 0.1) is 0 Å². The summed E-state index contributed by atoms with van der Waals surface area (Å²) in [6.45, 7) is 0. The van der Waals surface area contributed by atoms with E-state index < -0.39 is 23.5 Å². The van der Waals surface area contributed by atoms with E-state index >= 15 is 0 Å². The minimum Gasteiger partial charge on any atom is -0.503 e. The van der Waals surface area contributed by atoms with Gasteiger partial charge in [0.1, 0.15) is 5.58 Å². The van der Waals surface area contributed by atoms with Gasteiger partial charge in [-0.3, -0.25) is 14.5 Å². The molecule has 0 spiro atoms. The highest BCUT2D eigenvalue weighted by Gasteiger charge is 2.46. The predicted octanol–water partition coefficient (Wildman–Crippen LogP) is 8.17. The summed E-state index contributed by atoms with van der Waals surface area (Å²) in [5, 5.41) is 23.5. The van der Waals surface area contributed by atoms with Crippen LogP contribution in [0.5, 0.6) is 0 Å². The summed E-state index contributed by atoms with van der Waals surface area (Å²) in [6.07, 6.45) is 0. The van der Waals surface area contributed by atoms with Crippen molar-refractivity contribution < 1.29 is 19.1 Å². The van der Waals surface area contributed by atoms with E-state index in [1.54, 1.807) is 42.5 Å². The fraction of sp³-hybridized carbons (Fsp3) is 0.0625. The van der Waals surface area contributed by atoms with Crippen molar-refractivity contribution in [3.63, 3.8) is 0 Å². The molecule has 1 N–H and O–H groups in total. The van der Waals surface area contributed by atoms with Gasteiger partial charge in [-0.05, 0) is 46.2 Å². The number of thioether (sulfide) groups is 1. The van der Waals surface area contributed by atoms with Gasteiger partial charge < -0.3 is 9.52 Å². The Morgan fingerprint density at radius 1 is 0.952 bits per heavy atom. The lowest BCUT2D eigenvalue weighted by atomic mass is 9.95. The van der Waals surface area contributed by atoms with Crippen molar-refractivity contribution in [2.45, 2.75) is 16.1 Å². The maximum atomic E-state index is 13.8. The number of aliphatic hydroxyl groups excluding tert-OH is 1. The molecule has 42 heavy (non-hydrogen) atoms. The Labute approximate surface area is 253 Å². The van der Waals surface area contributed by atoms with Crippen LogP contribution in [0.2, 0.25) is 5.02 Å². The third kappa shape index (κ3) is 4.65. The number of rotatable bonds is 7. The molecule has 0 bridgehead atoms. The Morgan fingerprint density at radius 2 is 1.69 bits per heavy atom. The summed E-state index contributed by atoms with van der Waals surface area (Å²) >= 11 is 8.88. The van der Waals surface area contributed by atoms with E-state index in [1.807, 2.05) is 30.3 Å². The molecule has 7 nitrogen and oxygen atoms in total. The standard InChI is InChI=1S/C32H20ClN3O4S2/c33-22-14-12-19(13-15-22)27-26(28(37)25-16-20-7-2-4-11-24(20)40-25)29(38)30(39)36(27)31-34-35-32(42-31)41-17-21-9-5-8-18-6-1-3-10-23(18)21/h1-16,27,38H,17H2/t27-/m1/s1. The molecule has 4 aromatic carbocycles. The first-order chi connectivity index (χ1) is 20.5. The predicted molar refractivity (Wildman–Crippen MR) is 165 cm³/mol. The van der Waals surface area contributed by atoms with Gasteiger partial charge in [0.15, 0.2) is 15.9 Å². The molecule has 1 atom stereocenters. The van der Waals surface area contributed by atoms with Crippen LogP contribution < -0.4 is 4.90 Å². The molecular weight excluding hydrogens is 590 g/mol. The molecule has 0 radical (unpaired) electrons. The van der Waals surface area contributed by atoms with Crippen LogP contribution in [0.15, 0.2) is 117 Å². The summed E-state index contributed by atoms with van der Waals surface area (Å²) in [7, 11) is 0. The van der Waals surface area contributed by atoms with Crippen molar-refractivity contribution in [1.29, 1.82) is 0 Å². The zero-order valence-electron chi connectivity index (χ0n) is 21.7. The summed E-state index contributed by atoms with van der Waals surface area (Å²) < 4.78 is 6.45. The molecule has 10 heteroatoms. The van der Waals surface area contributed by atoms with E-state index in [1.165, 1.54) is 28.0 Å². The lowest BCUT2D eigenvalue weighted by molar-refractivity contribution is -0.117. The average molecular weight is 610 g/mol. The average Bonchev–Trinajstić information content (AvgIpc) is 3.73. The number of furan rings is 1. The number of para-hydroxylation sites is 1. The number of fused-ring (bicyclic) bond motifs is 2. The number of aromatic nitrogens is 2. The Bertz CT molecular complexity index is 1990. The molecule has 0 saturated heterocycles. The maximum Gasteiger partial charge on any atom is 0.296 e. The highest BCUT2D eigenvalue weighted by Crippen LogP contribution is 2.44. The number of anilines is 1. The fourth-order valence-electron chi connectivity index (χ4n) is 5.14. The first-order valence-corrected chi connectivity index (χ1v) is 15.1. The van der Waals surface area contributed by atoms with Gasteiger partial charge in [0, 0.05) is 16.2 Å². The number of amides is 1. The van der Waals surface area contributed by atoms with Crippen LogP contribution >= 0.6 is 34.7 Å². The number of nitrogens with zero attached hydrogens (tertiary/aromatic N) is 3. The minimum atomic E-state index is -0.959. The molecule has 0 fully saturated rings. The number of carbonyl (C=O) groups is 2. The van der Waals surface area contributed by atoms with Gasteiger partial charge in [-0.2, -0.15) is 0 Å². The summed E-state index contributed by atoms with van der Waals surface area (Å²) in [6, 6.07) is 29.0. The monoisotopic (exact) mass is 609 g/mol. The zero-order chi connectivity index (χ0) is 28.8. The number of benzene rings is 4. The van der Waals surface area contributed by atoms with E-state index in [9.17, 15) is 14.7 Å². The Kier molecular flexibility index (Phi) is 6.78. The molecule has 0 aliphatic carbocycles. The van der Waals surface area contributed by atoms with Crippen molar-refractivity contribution in [2.75, 3.05) is 4.90 Å². The Hall–Kier alpha value is -4.44. The van der Waals surface area contributed by atoms with Gasteiger partial charge in [0.05, 0.1) is 11.6 Å². The molecule has 1 aliphatic heterocycles. The molecule has 1 aliphatic rings. The summed E-state index contributed by atoms with van der Waals surface area (Å²) in [5.41, 5.74) is 2.17. The molecule has 1 amide bonds. The molecule has 6 aromatic rings. The second kappa shape index (κ2) is 10.8. The van der Waals surface area contributed by atoms with Gasteiger partial charge >= 0.3 is 0 Å². The normalized spacial score (nSPS) is 15.3. The Morgan fingerprint density at radius 3 is 2.50 bits per heavy atom. The maximum absolute atomic E-state index is 13.8. The largest absolute Gasteiger partial charge is 0.503 e. The lowest BCUT2D eigenvalue weighted by Gasteiger charge is -2.23. The zero-order valence-corrected chi connectivity index (χ0v) is 24.1. The van der Waals surface area contributed by atoms with Gasteiger partial charge in [0.25, 0.3) is 5.91 Å². The van der Waals surface area contributed by atoms with E-state index in [0.29, 0.717) is 26.3 Å². The van der Waals surface area contributed by atoms with E-state index in [0.717, 1.165) is 21.7 Å². The number of aliphatic hydroxyl groups is 1. The van der Waals surface area contributed by atoms with Crippen molar-refractivity contribution in [3.05, 3.63) is 130 Å². The lowest BCUT2D eigenvalue weighted by Crippen LogP contribution is -2.31. The number of ketones is 1. The topological polar surface area (TPSA) is 96.5 Å². The number of hydrogen-bond acceptors (Lipinski definition) is 8.